The van der Waals surface area contributed by atoms with Crippen molar-refractivity contribution in [3.05, 3.63) is 35.6 Å². The number of hydrogen-bond acceptors (Lipinski definition) is 3. The van der Waals surface area contributed by atoms with E-state index in [-0.39, 0.29) is 17.9 Å². The lowest BCUT2D eigenvalue weighted by Gasteiger charge is -2.37. The number of nitrogens with one attached hydrogen (secondary N) is 2. The van der Waals surface area contributed by atoms with Crippen LogP contribution in [0, 0.1) is 11.7 Å². The standard InChI is InChI=1S/C21H31FN4O3/c1-4-23-21(29)26-13-11-15(12-14-26)18(20(28)25(5-2)6-3)24-19(27)16-7-9-17(22)10-8-16/h7-10,15,18H,4-6,11-14H2,1-3H3,(H,23,29)(H,24,27). The molecule has 0 saturated carbocycles. The molecule has 1 aromatic rings. The van der Waals surface area contributed by atoms with Crippen molar-refractivity contribution >= 4 is 17.8 Å². The minimum atomic E-state index is -0.677. The first kappa shape index (κ1) is 22.6. The summed E-state index contributed by atoms with van der Waals surface area (Å²) in [5.74, 6) is -1.02. The zero-order valence-corrected chi connectivity index (χ0v) is 17.4. The van der Waals surface area contributed by atoms with E-state index in [0.29, 0.717) is 51.1 Å². The van der Waals surface area contributed by atoms with Gasteiger partial charge in [-0.3, -0.25) is 9.59 Å². The zero-order valence-electron chi connectivity index (χ0n) is 17.4. The van der Waals surface area contributed by atoms with Crippen molar-refractivity contribution in [1.82, 2.24) is 20.4 Å². The lowest BCUT2D eigenvalue weighted by atomic mass is 9.88. The van der Waals surface area contributed by atoms with E-state index in [1.807, 2.05) is 20.8 Å². The molecule has 0 bridgehead atoms. The van der Waals surface area contributed by atoms with Crippen molar-refractivity contribution in [3.63, 3.8) is 0 Å². The maximum Gasteiger partial charge on any atom is 0.317 e. The molecule has 29 heavy (non-hydrogen) atoms. The smallest absolute Gasteiger partial charge is 0.317 e. The van der Waals surface area contributed by atoms with E-state index in [0.717, 1.165) is 0 Å². The third-order valence-corrected chi connectivity index (χ3v) is 5.36. The Hall–Kier alpha value is -2.64. The highest BCUT2D eigenvalue weighted by Crippen LogP contribution is 2.23. The fraction of sp³-hybridized carbons (Fsp3) is 0.571. The number of carbonyl (C=O) groups is 3. The van der Waals surface area contributed by atoms with E-state index in [2.05, 4.69) is 10.6 Å². The third-order valence-electron chi connectivity index (χ3n) is 5.36. The van der Waals surface area contributed by atoms with Crippen molar-refractivity contribution in [2.24, 2.45) is 5.92 Å². The number of nitrogens with zero attached hydrogens (tertiary/aromatic N) is 2. The minimum absolute atomic E-state index is 0.0711. The second-order valence-electron chi connectivity index (χ2n) is 7.13. The SMILES string of the molecule is CCNC(=O)N1CCC(C(NC(=O)c2ccc(F)cc2)C(=O)N(CC)CC)CC1. The van der Waals surface area contributed by atoms with Gasteiger partial charge in [-0.25, -0.2) is 9.18 Å². The van der Waals surface area contributed by atoms with Crippen LogP contribution in [0.4, 0.5) is 9.18 Å². The second kappa shape index (κ2) is 10.8. The number of urea groups is 1. The van der Waals surface area contributed by atoms with Crippen LogP contribution in [0.25, 0.3) is 0 Å². The van der Waals surface area contributed by atoms with E-state index >= 15 is 0 Å². The molecule has 8 heteroatoms. The Morgan fingerprint density at radius 1 is 1.10 bits per heavy atom. The van der Waals surface area contributed by atoms with Gasteiger partial charge in [0.05, 0.1) is 0 Å². The lowest BCUT2D eigenvalue weighted by molar-refractivity contribution is -0.134. The van der Waals surface area contributed by atoms with E-state index in [9.17, 15) is 18.8 Å². The Kier molecular flexibility index (Phi) is 8.42. The van der Waals surface area contributed by atoms with Crippen LogP contribution in [0.1, 0.15) is 44.0 Å². The molecule has 1 atom stereocenters. The highest BCUT2D eigenvalue weighted by atomic mass is 19.1. The summed E-state index contributed by atoms with van der Waals surface area (Å²) in [4.78, 5) is 41.3. The van der Waals surface area contributed by atoms with Gasteiger partial charge in [-0.2, -0.15) is 0 Å². The summed E-state index contributed by atoms with van der Waals surface area (Å²) in [6.07, 6.45) is 1.25. The molecule has 1 aliphatic heterocycles. The molecular weight excluding hydrogens is 375 g/mol. The number of halogens is 1. The molecule has 4 amide bonds. The molecule has 0 aromatic heterocycles. The molecule has 2 N–H and O–H groups in total. The summed E-state index contributed by atoms with van der Waals surface area (Å²) < 4.78 is 13.2. The van der Waals surface area contributed by atoms with Gasteiger partial charge in [0.1, 0.15) is 11.9 Å². The minimum Gasteiger partial charge on any atom is -0.341 e. The monoisotopic (exact) mass is 406 g/mol. The van der Waals surface area contributed by atoms with Crippen LogP contribution in [0.2, 0.25) is 0 Å². The number of carbonyl (C=O) groups excluding carboxylic acids is 3. The van der Waals surface area contributed by atoms with Crippen LogP contribution in [-0.4, -0.2) is 66.4 Å². The topological polar surface area (TPSA) is 81.8 Å². The molecule has 2 rings (SSSR count). The second-order valence-corrected chi connectivity index (χ2v) is 7.13. The molecule has 0 aliphatic carbocycles. The van der Waals surface area contributed by atoms with E-state index in [4.69, 9.17) is 0 Å². The number of amides is 4. The van der Waals surface area contributed by atoms with E-state index in [1.165, 1.54) is 24.3 Å². The molecule has 1 heterocycles. The molecule has 1 fully saturated rings. The summed E-state index contributed by atoms with van der Waals surface area (Å²) >= 11 is 0. The molecule has 1 saturated heterocycles. The first-order valence-corrected chi connectivity index (χ1v) is 10.3. The van der Waals surface area contributed by atoms with Gasteiger partial charge < -0.3 is 20.4 Å². The van der Waals surface area contributed by atoms with Gasteiger partial charge >= 0.3 is 6.03 Å². The van der Waals surface area contributed by atoms with Crippen LogP contribution < -0.4 is 10.6 Å². The van der Waals surface area contributed by atoms with Crippen molar-refractivity contribution in [3.8, 4) is 0 Å². The molecule has 0 spiro atoms. The molecule has 160 valence electrons. The molecule has 1 aliphatic rings. The van der Waals surface area contributed by atoms with Gasteiger partial charge in [-0.15, -0.1) is 0 Å². The largest absolute Gasteiger partial charge is 0.341 e. The van der Waals surface area contributed by atoms with Crippen LogP contribution in [0.3, 0.4) is 0 Å². The maximum atomic E-state index is 13.2. The fourth-order valence-corrected chi connectivity index (χ4v) is 3.64. The Balaban J connectivity index is 2.13. The normalized spacial score (nSPS) is 15.5. The number of rotatable bonds is 7. The molecule has 1 unspecified atom stereocenters. The van der Waals surface area contributed by atoms with Gasteiger partial charge in [0.25, 0.3) is 5.91 Å². The number of hydrogen-bond donors (Lipinski definition) is 2. The van der Waals surface area contributed by atoms with Crippen molar-refractivity contribution in [1.29, 1.82) is 0 Å². The van der Waals surface area contributed by atoms with E-state index < -0.39 is 17.8 Å². The highest BCUT2D eigenvalue weighted by Gasteiger charge is 2.35. The van der Waals surface area contributed by atoms with Crippen molar-refractivity contribution in [2.75, 3.05) is 32.7 Å². The third kappa shape index (κ3) is 5.92. The Bertz CT molecular complexity index is 698. The first-order valence-electron chi connectivity index (χ1n) is 10.3. The predicted octanol–water partition coefficient (Wildman–Crippen LogP) is 2.23. The predicted molar refractivity (Wildman–Crippen MR) is 109 cm³/mol. The van der Waals surface area contributed by atoms with Gasteiger partial charge in [0.15, 0.2) is 0 Å². The van der Waals surface area contributed by atoms with Gasteiger partial charge in [0, 0.05) is 38.3 Å². The Morgan fingerprint density at radius 2 is 1.69 bits per heavy atom. The fourth-order valence-electron chi connectivity index (χ4n) is 3.64. The number of benzene rings is 1. The molecular formula is C21H31FN4O3. The van der Waals surface area contributed by atoms with Gasteiger partial charge in [-0.05, 0) is 63.8 Å². The summed E-state index contributed by atoms with van der Waals surface area (Å²) in [6.45, 7) is 8.40. The average Bonchev–Trinajstić information content (AvgIpc) is 2.73. The summed E-state index contributed by atoms with van der Waals surface area (Å²) in [6, 6.07) is 4.47. The van der Waals surface area contributed by atoms with Crippen LogP contribution in [-0.2, 0) is 4.79 Å². The van der Waals surface area contributed by atoms with E-state index in [1.54, 1.807) is 9.80 Å². The van der Waals surface area contributed by atoms with Crippen LogP contribution in [0.5, 0.6) is 0 Å². The lowest BCUT2D eigenvalue weighted by Crippen LogP contribution is -2.55. The molecule has 7 nitrogen and oxygen atoms in total. The van der Waals surface area contributed by atoms with Crippen LogP contribution in [0.15, 0.2) is 24.3 Å². The van der Waals surface area contributed by atoms with Gasteiger partial charge in [0.2, 0.25) is 5.91 Å². The quantitative estimate of drug-likeness (QED) is 0.729. The maximum absolute atomic E-state index is 13.2. The van der Waals surface area contributed by atoms with Gasteiger partial charge in [-0.1, -0.05) is 0 Å². The Morgan fingerprint density at radius 3 is 2.21 bits per heavy atom. The summed E-state index contributed by atoms with van der Waals surface area (Å²) in [7, 11) is 0. The first-order chi connectivity index (χ1) is 13.9. The van der Waals surface area contributed by atoms with Crippen molar-refractivity contribution < 1.29 is 18.8 Å². The number of likely N-dealkylation sites (N-methyl/N-ethyl adjacent to an activating group) is 1. The number of piperidine rings is 1. The summed E-state index contributed by atoms with van der Waals surface area (Å²) in [5.41, 5.74) is 0.309. The highest BCUT2D eigenvalue weighted by molar-refractivity contribution is 5.97. The zero-order chi connectivity index (χ0) is 21.4. The number of likely N-dealkylation sites (tertiary alicyclic amines) is 1. The van der Waals surface area contributed by atoms with Crippen molar-refractivity contribution in [2.45, 2.75) is 39.7 Å². The molecule has 1 aromatic carbocycles. The summed E-state index contributed by atoms with van der Waals surface area (Å²) in [5, 5.41) is 5.66. The van der Waals surface area contributed by atoms with Crippen LogP contribution >= 0.6 is 0 Å². The molecule has 0 radical (unpaired) electrons. The Labute approximate surface area is 171 Å². The average molecular weight is 407 g/mol.